The van der Waals surface area contributed by atoms with E-state index in [0.717, 1.165) is 120 Å². The first kappa shape index (κ1) is 83.5. The molecule has 4 N–H and O–H groups in total. The minimum atomic E-state index is -0.248. The molecule has 584 valence electrons. The number of carbonyl (C=O) groups is 4. The van der Waals surface area contributed by atoms with Crippen LogP contribution >= 0.6 is 282 Å². The van der Waals surface area contributed by atoms with E-state index in [9.17, 15) is 0 Å². The second-order valence-corrected chi connectivity index (χ2v) is 54.3. The predicted molar refractivity (Wildman–Crippen MR) is 524 cm³/mol. The third-order valence-corrected chi connectivity index (χ3v) is 51.9. The summed E-state index contributed by atoms with van der Waals surface area (Å²) in [7, 11) is 0. The minimum Gasteiger partial charge on any atom is -0.494 e. The Balaban J connectivity index is 0.813. The van der Waals surface area contributed by atoms with Gasteiger partial charge in [-0.05, 0) is 118 Å². The van der Waals surface area contributed by atoms with E-state index in [1.54, 1.807) is 47.0 Å². The van der Waals surface area contributed by atoms with Crippen molar-refractivity contribution in [2.75, 3.05) is 93.7 Å². The van der Waals surface area contributed by atoms with Crippen molar-refractivity contribution in [3.8, 4) is 23.0 Å². The third kappa shape index (κ3) is 19.6. The number of rotatable bonds is 20. The van der Waals surface area contributed by atoms with Crippen LogP contribution in [-0.2, 0) is 44.9 Å². The first-order valence-electron chi connectivity index (χ1n) is 35.8. The molecule has 4 aromatic carbocycles. The van der Waals surface area contributed by atoms with E-state index in [2.05, 4.69) is 49.0 Å². The molecule has 13 aliphatic rings. The molecular formula is C76H68N4O8S24. The van der Waals surface area contributed by atoms with Crippen LogP contribution in [0.1, 0.15) is 97.9 Å². The van der Waals surface area contributed by atoms with Gasteiger partial charge in [-0.2, -0.15) is 0 Å². The SMILES string of the molecule is CCCOc1cc2c(NC(=O)C3=CSC(=C4SC5=C(SCCS5)S4)S3)c(c1)Cc1cc(NC(=O)C3=CSC(=C4SC5=C(SCCS5)S4)S3)cc(c1OCCC)Cc1cc(OCCC)cc(c1NC(=O)C1=CSC(=C3SC4=C(SCCS4)S3)S1)Cc1cc(NC(=O)C3=CSC(=C4SC5=C(SCCS5)S4)S3)cc(c1OCCC)C2. The Bertz CT molecular complexity index is 4550. The first-order chi connectivity index (χ1) is 54.8. The van der Waals surface area contributed by atoms with Crippen molar-refractivity contribution < 1.29 is 38.1 Å². The van der Waals surface area contributed by atoms with E-state index in [0.29, 0.717) is 105 Å². The molecular weight excluding hydrogens is 1870 g/mol. The van der Waals surface area contributed by atoms with Crippen molar-refractivity contribution in [1.82, 2.24) is 0 Å². The molecule has 0 saturated heterocycles. The lowest BCUT2D eigenvalue weighted by atomic mass is 9.89. The summed E-state index contributed by atoms with van der Waals surface area (Å²) in [4.78, 5) is 64.1. The molecule has 0 fully saturated rings. The van der Waals surface area contributed by atoms with Gasteiger partial charge in [0, 0.05) is 117 Å². The number of hydrogen-bond donors (Lipinski definition) is 4. The fourth-order valence-electron chi connectivity index (χ4n) is 12.5. The van der Waals surface area contributed by atoms with Crippen LogP contribution in [0.25, 0.3) is 0 Å². The number of benzene rings is 4. The molecule has 12 nitrogen and oxygen atoms in total. The number of nitrogens with one attached hydrogen (secondary N) is 4. The zero-order chi connectivity index (χ0) is 76.3. The molecule has 4 amide bonds. The molecule has 0 unspecified atom stereocenters. The van der Waals surface area contributed by atoms with Crippen LogP contribution in [0.4, 0.5) is 22.7 Å². The minimum absolute atomic E-state index is 0.210. The van der Waals surface area contributed by atoms with Crippen molar-refractivity contribution in [3.63, 3.8) is 0 Å². The van der Waals surface area contributed by atoms with Gasteiger partial charge in [-0.15, -0.1) is 94.1 Å². The molecule has 12 heterocycles. The van der Waals surface area contributed by atoms with Crippen LogP contribution < -0.4 is 40.2 Å². The van der Waals surface area contributed by atoms with Crippen LogP contribution in [0.3, 0.4) is 0 Å². The van der Waals surface area contributed by atoms with E-state index in [4.69, 9.17) is 18.9 Å². The Kier molecular flexibility index (Phi) is 29.2. The number of thioether (sulfide) groups is 24. The normalized spacial score (nSPS) is 20.1. The molecule has 4 aromatic rings. The van der Waals surface area contributed by atoms with E-state index >= 15 is 19.2 Å². The van der Waals surface area contributed by atoms with Gasteiger partial charge in [0.05, 0.1) is 114 Å². The summed E-state index contributed by atoms with van der Waals surface area (Å²) in [5.74, 6) is 10.2. The molecule has 0 saturated carbocycles. The van der Waals surface area contributed by atoms with E-state index in [-0.39, 0.29) is 49.3 Å². The fraction of sp³-hybridized carbons (Fsp3) is 0.316. The second kappa shape index (κ2) is 39.2. The molecule has 0 spiro atoms. The van der Waals surface area contributed by atoms with Gasteiger partial charge >= 0.3 is 0 Å². The van der Waals surface area contributed by atoms with Crippen LogP contribution in [0, 0.1) is 0 Å². The average molecular weight is 1940 g/mol. The lowest BCUT2D eigenvalue weighted by Crippen LogP contribution is -2.18. The van der Waals surface area contributed by atoms with Crippen molar-refractivity contribution in [2.45, 2.75) is 79.1 Å². The topological polar surface area (TPSA) is 153 Å². The number of fused-ring (bicyclic) bond motifs is 8. The zero-order valence-corrected chi connectivity index (χ0v) is 79.7. The highest BCUT2D eigenvalue weighted by Gasteiger charge is 2.38. The Labute approximate surface area is 754 Å². The monoisotopic (exact) mass is 1930 g/mol. The summed E-state index contributed by atoms with van der Waals surface area (Å²) in [6.07, 6.45) is 3.73. The first-order valence-corrected chi connectivity index (χ1v) is 57.0. The Morgan fingerprint density at radius 3 is 0.750 bits per heavy atom. The third-order valence-electron chi connectivity index (χ3n) is 17.2. The van der Waals surface area contributed by atoms with Gasteiger partial charge in [0.1, 0.15) is 23.0 Å². The van der Waals surface area contributed by atoms with Gasteiger partial charge in [-0.25, -0.2) is 0 Å². The second-order valence-electron chi connectivity index (χ2n) is 25.4. The van der Waals surface area contributed by atoms with Crippen molar-refractivity contribution in [3.05, 3.63) is 202 Å². The van der Waals surface area contributed by atoms with Gasteiger partial charge < -0.3 is 40.2 Å². The maximum atomic E-state index is 15.7. The van der Waals surface area contributed by atoms with E-state index in [1.165, 1.54) is 97.9 Å². The highest BCUT2D eigenvalue weighted by molar-refractivity contribution is 8.46. The summed E-state index contributed by atoms with van der Waals surface area (Å²) < 4.78 is 47.9. The summed E-state index contributed by atoms with van der Waals surface area (Å²) in [5, 5.41) is 21.9. The number of amides is 4. The van der Waals surface area contributed by atoms with E-state index < -0.39 is 0 Å². The molecule has 112 heavy (non-hydrogen) atoms. The lowest BCUT2D eigenvalue weighted by molar-refractivity contribution is -0.113. The van der Waals surface area contributed by atoms with Gasteiger partial charge in [-0.1, -0.05) is 216 Å². The smallest absolute Gasteiger partial charge is 0.263 e. The fourth-order valence-corrected chi connectivity index (χ4v) is 46.2. The zero-order valence-electron chi connectivity index (χ0n) is 60.1. The number of carbonyl (C=O) groups excluding carboxylic acids is 4. The number of hydrogen-bond acceptors (Lipinski definition) is 32. The molecule has 1 aliphatic carbocycles. The van der Waals surface area contributed by atoms with Crippen LogP contribution in [-0.4, -0.2) is 96.1 Å². The van der Waals surface area contributed by atoms with Gasteiger partial charge in [0.15, 0.2) is 0 Å². The summed E-state index contributed by atoms with van der Waals surface area (Å²) in [5.41, 5.74) is 8.38. The highest BCUT2D eigenvalue weighted by atomic mass is 32.3. The average Bonchev–Trinajstić information content (AvgIpc) is 1.33. The van der Waals surface area contributed by atoms with Crippen molar-refractivity contribution in [1.29, 1.82) is 0 Å². The summed E-state index contributed by atoms with van der Waals surface area (Å²) in [6.45, 7) is 9.98. The van der Waals surface area contributed by atoms with Gasteiger partial charge in [-0.3, -0.25) is 19.2 Å². The molecule has 8 bridgehead atoms. The lowest BCUT2D eigenvalue weighted by Gasteiger charge is -2.25. The molecule has 17 rings (SSSR count). The largest absolute Gasteiger partial charge is 0.494 e. The standard InChI is InChI=1S/C76H68N4O8S24/c1-5-9-85-47-29-37-21-41-25-45(77-57(81)49-33-97-69(101-49)73-105-61-62(106-73)90-14-13-89-61)27-43(55(41)87-11-7-3)23-39-31-48(86-10-6-2)32-40(54(39)80-60(84)52-36-100-72(104-52)76-111-67-68(112-76)96-20-19-95-67)24-44-28-46(78-58(82)50-34-98-70(102-50)74-107-63-64(108-74)92-16-15-91-63)26-42(56(44)88-12-8-4)22-38(30-47)53(37)79-59(83)51-35-99-71(103-51)75-109-65-66(110-75)94-18-17-93-65/h25-36H,5-24H2,1-4H3,(H,77,81)(H,78,82)(H,79,83)(H,80,84). The summed E-state index contributed by atoms with van der Waals surface area (Å²) in [6, 6.07) is 16.3. The number of anilines is 4. The molecule has 0 atom stereocenters. The molecule has 12 aliphatic heterocycles. The Hall–Kier alpha value is -0.760. The Morgan fingerprint density at radius 1 is 0.277 bits per heavy atom. The maximum absolute atomic E-state index is 15.7. The quantitative estimate of drug-likeness (QED) is 0.0584. The van der Waals surface area contributed by atoms with Gasteiger partial charge in [0.2, 0.25) is 0 Å². The maximum Gasteiger partial charge on any atom is 0.263 e. The van der Waals surface area contributed by atoms with E-state index in [1.807, 2.05) is 258 Å². The molecule has 0 aromatic heterocycles. The van der Waals surface area contributed by atoms with Crippen molar-refractivity contribution >= 4 is 329 Å². The van der Waals surface area contributed by atoms with Crippen LogP contribution in [0.2, 0.25) is 0 Å². The summed E-state index contributed by atoms with van der Waals surface area (Å²) >= 11 is 42.3. The highest BCUT2D eigenvalue weighted by Crippen LogP contribution is 2.68. The number of ether oxygens (including phenoxy) is 4. The molecule has 0 radical (unpaired) electrons. The molecule has 36 heteroatoms. The van der Waals surface area contributed by atoms with Crippen LogP contribution in [0.15, 0.2) is 158 Å². The Morgan fingerprint density at radius 2 is 0.509 bits per heavy atom. The van der Waals surface area contributed by atoms with Crippen LogP contribution in [0.5, 0.6) is 23.0 Å². The van der Waals surface area contributed by atoms with Crippen molar-refractivity contribution in [2.24, 2.45) is 0 Å². The predicted octanol–water partition coefficient (Wildman–Crippen LogP) is 27.4. The van der Waals surface area contributed by atoms with Gasteiger partial charge in [0.25, 0.3) is 23.6 Å².